The Morgan fingerprint density at radius 3 is 2.55 bits per heavy atom. The molecule has 2 aromatic carbocycles. The molecular weight excluding hydrogens is 394 g/mol. The second kappa shape index (κ2) is 8.12. The molecule has 2 N–H and O–H groups in total. The van der Waals surface area contributed by atoms with Gasteiger partial charge in [0.2, 0.25) is 15.9 Å². The van der Waals surface area contributed by atoms with Gasteiger partial charge in [-0.15, -0.1) is 0 Å². The Morgan fingerprint density at radius 2 is 1.97 bits per heavy atom. The van der Waals surface area contributed by atoms with Gasteiger partial charge in [-0.2, -0.15) is 5.10 Å². The van der Waals surface area contributed by atoms with Gasteiger partial charge in [-0.25, -0.2) is 13.4 Å². The molecule has 0 aliphatic carbocycles. The number of rotatable bonds is 6. The van der Waals surface area contributed by atoms with Crippen LogP contribution in [0.4, 0.5) is 5.69 Å². The van der Waals surface area contributed by atoms with Crippen molar-refractivity contribution in [3.8, 4) is 11.5 Å². The molecule has 1 unspecified atom stereocenters. The summed E-state index contributed by atoms with van der Waals surface area (Å²) in [6, 6.07) is 11.5. The highest BCUT2D eigenvalue weighted by atomic mass is 32.2. The standard InChI is InChI=1S/C20H23N3O5S/c1-4-19(24)23-17(15-6-5-7-18(28-2)20(15)25)12-16(21-23)13-8-10-14(11-9-13)22-29(3,26)27/h5-11,17,22,25H,4,12H2,1-3H3. The van der Waals surface area contributed by atoms with Crippen LogP contribution in [0.15, 0.2) is 47.6 Å². The van der Waals surface area contributed by atoms with Crippen molar-refractivity contribution in [2.45, 2.75) is 25.8 Å². The number of nitrogens with zero attached hydrogens (tertiary/aromatic N) is 2. The molecular formula is C20H23N3O5S. The summed E-state index contributed by atoms with van der Waals surface area (Å²) in [5.41, 5.74) is 2.44. The predicted octanol–water partition coefficient (Wildman–Crippen LogP) is 2.86. The normalized spacial score (nSPS) is 16.4. The van der Waals surface area contributed by atoms with Crippen molar-refractivity contribution in [3.05, 3.63) is 53.6 Å². The van der Waals surface area contributed by atoms with Crippen LogP contribution in [0.1, 0.15) is 36.9 Å². The molecule has 0 fully saturated rings. The third-order valence-electron chi connectivity index (χ3n) is 4.60. The SMILES string of the molecule is CCC(=O)N1N=C(c2ccc(NS(C)(=O)=O)cc2)CC1c1cccc(OC)c1O. The quantitative estimate of drug-likeness (QED) is 0.751. The first kappa shape index (κ1) is 20.7. The van der Waals surface area contributed by atoms with Crippen molar-refractivity contribution < 1.29 is 23.1 Å². The van der Waals surface area contributed by atoms with E-state index in [0.29, 0.717) is 29.1 Å². The van der Waals surface area contributed by atoms with Crippen molar-refractivity contribution in [3.63, 3.8) is 0 Å². The predicted molar refractivity (Wildman–Crippen MR) is 111 cm³/mol. The van der Waals surface area contributed by atoms with Crippen LogP contribution in [0.25, 0.3) is 0 Å². The number of amides is 1. The van der Waals surface area contributed by atoms with Gasteiger partial charge in [0.1, 0.15) is 0 Å². The highest BCUT2D eigenvalue weighted by Gasteiger charge is 2.34. The number of para-hydroxylation sites is 1. The van der Waals surface area contributed by atoms with Gasteiger partial charge in [-0.05, 0) is 23.8 Å². The number of carbonyl (C=O) groups is 1. The largest absolute Gasteiger partial charge is 0.504 e. The topological polar surface area (TPSA) is 108 Å². The van der Waals surface area contributed by atoms with Crippen molar-refractivity contribution in [1.29, 1.82) is 0 Å². The number of hydrazone groups is 1. The second-order valence-electron chi connectivity index (χ2n) is 6.71. The molecule has 0 saturated carbocycles. The molecule has 1 aliphatic heterocycles. The molecule has 1 amide bonds. The van der Waals surface area contributed by atoms with Crippen LogP contribution in [0.5, 0.6) is 11.5 Å². The number of ether oxygens (including phenoxy) is 1. The first-order chi connectivity index (χ1) is 13.7. The lowest BCUT2D eigenvalue weighted by Gasteiger charge is -2.22. The van der Waals surface area contributed by atoms with Gasteiger partial charge in [-0.1, -0.05) is 31.2 Å². The van der Waals surface area contributed by atoms with Gasteiger partial charge < -0.3 is 9.84 Å². The molecule has 29 heavy (non-hydrogen) atoms. The fourth-order valence-electron chi connectivity index (χ4n) is 3.24. The Labute approximate surface area is 169 Å². The van der Waals surface area contributed by atoms with Crippen LogP contribution in [0.2, 0.25) is 0 Å². The van der Waals surface area contributed by atoms with Crippen LogP contribution in [0.3, 0.4) is 0 Å². The minimum absolute atomic E-state index is 0.0157. The molecule has 1 atom stereocenters. The number of benzene rings is 2. The van der Waals surface area contributed by atoms with Crippen LogP contribution in [0, 0.1) is 0 Å². The first-order valence-electron chi connectivity index (χ1n) is 9.07. The number of aromatic hydroxyl groups is 1. The number of nitrogens with one attached hydrogen (secondary N) is 1. The zero-order valence-electron chi connectivity index (χ0n) is 16.4. The van der Waals surface area contributed by atoms with E-state index in [1.807, 2.05) is 0 Å². The molecule has 3 rings (SSSR count). The summed E-state index contributed by atoms with van der Waals surface area (Å²) < 4.78 is 30.3. The minimum Gasteiger partial charge on any atom is -0.504 e. The van der Waals surface area contributed by atoms with E-state index in [-0.39, 0.29) is 18.1 Å². The van der Waals surface area contributed by atoms with Gasteiger partial charge in [0.05, 0.1) is 25.1 Å². The molecule has 0 spiro atoms. The molecule has 0 bridgehead atoms. The summed E-state index contributed by atoms with van der Waals surface area (Å²) in [5, 5.41) is 16.4. The minimum atomic E-state index is -3.36. The summed E-state index contributed by atoms with van der Waals surface area (Å²) in [4.78, 5) is 12.5. The number of phenolic OH excluding ortho intramolecular Hbond substituents is 1. The fraction of sp³-hybridized carbons (Fsp3) is 0.300. The van der Waals surface area contributed by atoms with E-state index in [2.05, 4.69) is 9.82 Å². The van der Waals surface area contributed by atoms with Crippen molar-refractivity contribution in [2.24, 2.45) is 5.10 Å². The maximum Gasteiger partial charge on any atom is 0.242 e. The monoisotopic (exact) mass is 417 g/mol. The van der Waals surface area contributed by atoms with E-state index in [1.165, 1.54) is 12.1 Å². The van der Waals surface area contributed by atoms with Crippen molar-refractivity contribution in [1.82, 2.24) is 5.01 Å². The summed E-state index contributed by atoms with van der Waals surface area (Å²) in [6.45, 7) is 1.75. The Morgan fingerprint density at radius 1 is 1.28 bits per heavy atom. The third kappa shape index (κ3) is 4.51. The summed E-state index contributed by atoms with van der Waals surface area (Å²) in [7, 11) is -1.89. The highest BCUT2D eigenvalue weighted by Crippen LogP contribution is 2.41. The summed E-state index contributed by atoms with van der Waals surface area (Å²) in [5.74, 6) is 0.150. The maximum atomic E-state index is 12.5. The fourth-order valence-corrected chi connectivity index (χ4v) is 3.80. The van der Waals surface area contributed by atoms with Crippen LogP contribution >= 0.6 is 0 Å². The smallest absolute Gasteiger partial charge is 0.242 e. The molecule has 154 valence electrons. The number of phenols is 1. The van der Waals surface area contributed by atoms with Crippen LogP contribution < -0.4 is 9.46 Å². The molecule has 1 aliphatic rings. The number of sulfonamides is 1. The van der Waals surface area contributed by atoms with Gasteiger partial charge in [0, 0.05) is 24.1 Å². The average Bonchev–Trinajstić information content (AvgIpc) is 3.12. The lowest BCUT2D eigenvalue weighted by Crippen LogP contribution is -2.26. The molecule has 0 radical (unpaired) electrons. The Kier molecular flexibility index (Phi) is 5.78. The van der Waals surface area contributed by atoms with E-state index in [9.17, 15) is 18.3 Å². The Hall–Kier alpha value is -3.07. The van der Waals surface area contributed by atoms with E-state index < -0.39 is 16.1 Å². The average molecular weight is 417 g/mol. The van der Waals surface area contributed by atoms with Gasteiger partial charge in [-0.3, -0.25) is 9.52 Å². The van der Waals surface area contributed by atoms with Gasteiger partial charge >= 0.3 is 0 Å². The number of carbonyl (C=O) groups excluding carboxylic acids is 1. The van der Waals surface area contributed by atoms with E-state index in [1.54, 1.807) is 49.4 Å². The molecule has 0 saturated heterocycles. The Bertz CT molecular complexity index is 1050. The zero-order valence-corrected chi connectivity index (χ0v) is 17.2. The molecule has 0 aromatic heterocycles. The first-order valence-corrected chi connectivity index (χ1v) is 11.0. The van der Waals surface area contributed by atoms with Crippen molar-refractivity contribution in [2.75, 3.05) is 18.1 Å². The van der Waals surface area contributed by atoms with E-state index in [4.69, 9.17) is 4.74 Å². The molecule has 1 heterocycles. The van der Waals surface area contributed by atoms with Crippen molar-refractivity contribution >= 4 is 27.3 Å². The Balaban J connectivity index is 1.93. The number of methoxy groups -OCH3 is 1. The second-order valence-corrected chi connectivity index (χ2v) is 8.46. The number of anilines is 1. The molecule has 8 nitrogen and oxygen atoms in total. The van der Waals surface area contributed by atoms with Gasteiger partial charge in [0.25, 0.3) is 0 Å². The maximum absolute atomic E-state index is 12.5. The van der Waals surface area contributed by atoms with E-state index >= 15 is 0 Å². The molecule has 9 heteroatoms. The summed E-state index contributed by atoms with van der Waals surface area (Å²) in [6.07, 6.45) is 1.77. The zero-order chi connectivity index (χ0) is 21.2. The van der Waals surface area contributed by atoms with E-state index in [0.717, 1.165) is 11.8 Å². The van der Waals surface area contributed by atoms with Crippen LogP contribution in [-0.2, 0) is 14.8 Å². The lowest BCUT2D eigenvalue weighted by molar-refractivity contribution is -0.132. The lowest BCUT2D eigenvalue weighted by atomic mass is 9.97. The number of hydrogen-bond donors (Lipinski definition) is 2. The van der Waals surface area contributed by atoms with Gasteiger partial charge in [0.15, 0.2) is 11.5 Å². The number of hydrogen-bond acceptors (Lipinski definition) is 6. The third-order valence-corrected chi connectivity index (χ3v) is 5.21. The summed E-state index contributed by atoms with van der Waals surface area (Å²) >= 11 is 0. The highest BCUT2D eigenvalue weighted by molar-refractivity contribution is 7.92. The molecule has 2 aromatic rings. The van der Waals surface area contributed by atoms with Crippen LogP contribution in [-0.4, -0.2) is 43.5 Å².